The lowest BCUT2D eigenvalue weighted by molar-refractivity contribution is 0.0600. The topological polar surface area (TPSA) is 68.6 Å². The number of sulfonamides is 1. The van der Waals surface area contributed by atoms with E-state index in [0.29, 0.717) is 16.8 Å². The molecule has 0 unspecified atom stereocenters. The summed E-state index contributed by atoms with van der Waals surface area (Å²) in [6.07, 6.45) is 3.55. The Morgan fingerprint density at radius 1 is 1.03 bits per heavy atom. The summed E-state index contributed by atoms with van der Waals surface area (Å²) in [5, 5.41) is 0. The Hall–Kier alpha value is -3.50. The fourth-order valence-corrected chi connectivity index (χ4v) is 3.71. The second kappa shape index (κ2) is 8.25. The molecule has 7 heteroatoms. The molecule has 1 heterocycles. The molecular formula is C22H20N2O4S. The minimum Gasteiger partial charge on any atom is -0.465 e. The van der Waals surface area contributed by atoms with Crippen molar-refractivity contribution < 1.29 is 17.9 Å². The van der Waals surface area contributed by atoms with Crippen LogP contribution >= 0.6 is 0 Å². The van der Waals surface area contributed by atoms with Gasteiger partial charge in [-0.05, 0) is 49.2 Å². The van der Waals surface area contributed by atoms with Crippen LogP contribution in [0.25, 0.3) is 5.69 Å². The number of carbonyl (C=O) groups excluding carboxylic acids is 1. The molecule has 0 fully saturated rings. The molecule has 148 valence electrons. The first kappa shape index (κ1) is 20.2. The van der Waals surface area contributed by atoms with Crippen LogP contribution in [0.1, 0.15) is 21.5 Å². The summed E-state index contributed by atoms with van der Waals surface area (Å²) in [7, 11) is -1.06. The van der Waals surface area contributed by atoms with Gasteiger partial charge in [-0.3, -0.25) is 0 Å². The van der Waals surface area contributed by atoms with Gasteiger partial charge in [-0.15, -0.1) is 0 Å². The number of hydrogen-bond donors (Lipinski definition) is 0. The fourth-order valence-electron chi connectivity index (χ4n) is 2.75. The first-order valence-corrected chi connectivity index (χ1v) is 10.2. The van der Waals surface area contributed by atoms with Crippen molar-refractivity contribution >= 4 is 16.0 Å². The number of carbonyl (C=O) groups is 1. The molecule has 29 heavy (non-hydrogen) atoms. The summed E-state index contributed by atoms with van der Waals surface area (Å²) in [6.45, 7) is 1.89. The molecule has 2 aromatic carbocycles. The molecule has 6 nitrogen and oxygen atoms in total. The molecule has 0 bridgehead atoms. The molecule has 0 saturated heterocycles. The van der Waals surface area contributed by atoms with E-state index in [1.165, 1.54) is 14.2 Å². The van der Waals surface area contributed by atoms with Crippen LogP contribution in [0.15, 0.2) is 71.9 Å². The predicted molar refractivity (Wildman–Crippen MR) is 110 cm³/mol. The molecule has 0 spiro atoms. The van der Waals surface area contributed by atoms with Gasteiger partial charge in [0.1, 0.15) is 0 Å². The maximum absolute atomic E-state index is 12.7. The number of ether oxygens (including phenoxy) is 1. The van der Waals surface area contributed by atoms with Crippen LogP contribution in [0.3, 0.4) is 0 Å². The van der Waals surface area contributed by atoms with Crippen molar-refractivity contribution in [2.45, 2.75) is 11.8 Å². The molecule has 0 radical (unpaired) electrons. The van der Waals surface area contributed by atoms with Crippen molar-refractivity contribution in [2.75, 3.05) is 14.2 Å². The Labute approximate surface area is 170 Å². The highest BCUT2D eigenvalue weighted by Crippen LogP contribution is 2.21. The standard InChI is InChI=1S/C22H20N2O4S/c1-17-9-11-19(12-10-17)29(26,27)23(2)16-13-18-7-6-8-20(22(25)28-3)21(18)24-14-4-5-15-24/h4-12,14-15H,1-3H3. The van der Waals surface area contributed by atoms with Crippen LogP contribution in [0.5, 0.6) is 0 Å². The summed E-state index contributed by atoms with van der Waals surface area (Å²) < 4.78 is 33.1. The number of para-hydroxylation sites is 1. The van der Waals surface area contributed by atoms with Crippen molar-refractivity contribution in [3.63, 3.8) is 0 Å². The van der Waals surface area contributed by atoms with Gasteiger partial charge >= 0.3 is 5.97 Å². The highest BCUT2D eigenvalue weighted by atomic mass is 32.2. The Balaban J connectivity index is 2.04. The quantitative estimate of drug-likeness (QED) is 0.378. The van der Waals surface area contributed by atoms with Crippen LogP contribution in [0.4, 0.5) is 0 Å². The Morgan fingerprint density at radius 3 is 2.31 bits per heavy atom. The summed E-state index contributed by atoms with van der Waals surface area (Å²) in [6, 6.07) is 17.9. The highest BCUT2D eigenvalue weighted by molar-refractivity contribution is 7.89. The number of hydrogen-bond acceptors (Lipinski definition) is 4. The smallest absolute Gasteiger partial charge is 0.340 e. The fraction of sp³-hybridized carbons (Fsp3) is 0.136. The zero-order valence-electron chi connectivity index (χ0n) is 16.3. The lowest BCUT2D eigenvalue weighted by atomic mass is 10.1. The van der Waals surface area contributed by atoms with Gasteiger partial charge < -0.3 is 9.30 Å². The van der Waals surface area contributed by atoms with E-state index in [2.05, 4.69) is 12.0 Å². The lowest BCUT2D eigenvalue weighted by Crippen LogP contribution is -2.22. The molecule has 0 aliphatic rings. The average Bonchev–Trinajstić information content (AvgIpc) is 3.25. The summed E-state index contributed by atoms with van der Waals surface area (Å²) >= 11 is 0. The molecule has 0 amide bonds. The van der Waals surface area contributed by atoms with Crippen molar-refractivity contribution in [3.05, 3.63) is 83.7 Å². The number of methoxy groups -OCH3 is 1. The maximum Gasteiger partial charge on any atom is 0.340 e. The third-order valence-corrected chi connectivity index (χ3v) is 6.01. The number of aromatic nitrogens is 1. The molecule has 0 aliphatic heterocycles. The van der Waals surface area contributed by atoms with E-state index in [9.17, 15) is 13.2 Å². The van der Waals surface area contributed by atoms with Gasteiger partial charge in [0.05, 0.1) is 28.8 Å². The SMILES string of the molecule is COC(=O)c1cccc(C#CN(C)S(=O)(=O)c2ccc(C)cc2)c1-n1cccc1. The molecular weight excluding hydrogens is 388 g/mol. The van der Waals surface area contributed by atoms with Gasteiger partial charge in [-0.25, -0.2) is 17.5 Å². The van der Waals surface area contributed by atoms with Crippen LogP contribution < -0.4 is 0 Å². The lowest BCUT2D eigenvalue weighted by Gasteiger charge is -2.13. The van der Waals surface area contributed by atoms with Crippen molar-refractivity contribution in [1.29, 1.82) is 0 Å². The number of esters is 1. The molecule has 3 aromatic rings. The summed E-state index contributed by atoms with van der Waals surface area (Å²) in [5.41, 5.74) is 2.32. The van der Waals surface area contributed by atoms with Crippen LogP contribution in [0.2, 0.25) is 0 Å². The van der Waals surface area contributed by atoms with E-state index in [1.54, 1.807) is 59.4 Å². The van der Waals surface area contributed by atoms with Crippen molar-refractivity contribution in [3.8, 4) is 17.7 Å². The summed E-state index contributed by atoms with van der Waals surface area (Å²) in [5.74, 6) is 2.37. The second-order valence-corrected chi connectivity index (χ2v) is 8.28. The third-order valence-electron chi connectivity index (χ3n) is 4.33. The van der Waals surface area contributed by atoms with E-state index in [4.69, 9.17) is 4.74 Å². The van der Waals surface area contributed by atoms with Gasteiger partial charge in [-0.1, -0.05) is 23.8 Å². The minimum atomic E-state index is -3.76. The van der Waals surface area contributed by atoms with E-state index in [1.807, 2.05) is 19.1 Å². The molecule has 0 atom stereocenters. The van der Waals surface area contributed by atoms with E-state index in [-0.39, 0.29) is 4.90 Å². The second-order valence-electron chi connectivity index (χ2n) is 6.31. The third kappa shape index (κ3) is 4.18. The molecule has 0 N–H and O–H groups in total. The van der Waals surface area contributed by atoms with Gasteiger partial charge in [0.2, 0.25) is 0 Å². The van der Waals surface area contributed by atoms with Crippen LogP contribution in [0, 0.1) is 18.9 Å². The largest absolute Gasteiger partial charge is 0.465 e. The van der Waals surface area contributed by atoms with E-state index < -0.39 is 16.0 Å². The molecule has 0 saturated carbocycles. The Kier molecular flexibility index (Phi) is 5.76. The van der Waals surface area contributed by atoms with Crippen molar-refractivity contribution in [2.24, 2.45) is 0 Å². The predicted octanol–water partition coefficient (Wildman–Crippen LogP) is 3.20. The number of nitrogens with zero attached hydrogens (tertiary/aromatic N) is 2. The van der Waals surface area contributed by atoms with E-state index >= 15 is 0 Å². The first-order valence-electron chi connectivity index (χ1n) is 8.76. The van der Waals surface area contributed by atoms with Crippen LogP contribution in [-0.2, 0) is 14.8 Å². The van der Waals surface area contributed by atoms with Gasteiger partial charge in [-0.2, -0.15) is 0 Å². The number of rotatable bonds is 4. The van der Waals surface area contributed by atoms with Gasteiger partial charge in [0.25, 0.3) is 10.0 Å². The van der Waals surface area contributed by atoms with Crippen molar-refractivity contribution in [1.82, 2.24) is 8.87 Å². The zero-order chi connectivity index (χ0) is 21.0. The Morgan fingerprint density at radius 2 is 1.69 bits per heavy atom. The summed E-state index contributed by atoms with van der Waals surface area (Å²) in [4.78, 5) is 12.4. The molecule has 3 rings (SSSR count). The Bertz CT molecular complexity index is 1190. The normalized spacial score (nSPS) is 10.7. The maximum atomic E-state index is 12.7. The zero-order valence-corrected chi connectivity index (χ0v) is 17.1. The first-order chi connectivity index (χ1) is 13.8. The molecule has 1 aromatic heterocycles. The minimum absolute atomic E-state index is 0.161. The highest BCUT2D eigenvalue weighted by Gasteiger charge is 2.19. The van der Waals surface area contributed by atoms with Gasteiger partial charge in [0, 0.05) is 25.5 Å². The van der Waals surface area contributed by atoms with Crippen LogP contribution in [-0.4, -0.2) is 37.4 Å². The monoisotopic (exact) mass is 408 g/mol. The number of benzene rings is 2. The average molecular weight is 408 g/mol. The molecule has 0 aliphatic carbocycles. The van der Waals surface area contributed by atoms with Gasteiger partial charge in [0.15, 0.2) is 0 Å². The van der Waals surface area contributed by atoms with E-state index in [0.717, 1.165) is 9.87 Å². The number of aryl methyl sites for hydroxylation is 1.